The number of anilines is 1. The second-order valence-corrected chi connectivity index (χ2v) is 14.2. The minimum Gasteiger partial charge on any atom is -0.453 e. The van der Waals surface area contributed by atoms with Crippen molar-refractivity contribution in [2.75, 3.05) is 32.1 Å². The average Bonchev–Trinajstić information content (AvgIpc) is 3.92. The summed E-state index contributed by atoms with van der Waals surface area (Å²) in [6.45, 7) is 8.10. The number of carbonyl (C=O) groups is 4. The van der Waals surface area contributed by atoms with Gasteiger partial charge in [0.05, 0.1) is 31.1 Å². The number of alkyl carbamates (subject to hydrolysis) is 1. The van der Waals surface area contributed by atoms with Gasteiger partial charge in [-0.05, 0) is 74.1 Å². The Morgan fingerprint density at radius 2 is 1.49 bits per heavy atom. The van der Waals surface area contributed by atoms with Crippen LogP contribution < -0.4 is 10.6 Å². The number of imidazole rings is 1. The molecule has 0 aliphatic carbocycles. The molecule has 6 rings (SSSR count). The zero-order chi connectivity index (χ0) is 36.1. The predicted molar refractivity (Wildman–Crippen MR) is 235 cm³/mol. The molecular formula is C39H58N6O6S4. The molecule has 3 aromatic rings. The van der Waals surface area contributed by atoms with Crippen LogP contribution in [0.5, 0.6) is 0 Å². The number of benzene rings is 2. The zero-order valence-electron chi connectivity index (χ0n) is 32.1. The highest BCUT2D eigenvalue weighted by molar-refractivity contribution is 7.59. The lowest BCUT2D eigenvalue weighted by Crippen LogP contribution is -2.48. The predicted octanol–water partition coefficient (Wildman–Crippen LogP) is 6.51. The number of likely N-dealkylation sites (tertiary alicyclic amines) is 1. The normalized spacial score (nSPS) is 20.1. The number of nitrogens with zero attached hydrogens (tertiary/aromatic N) is 3. The molecule has 2 bridgehead atoms. The molecule has 0 radical (unpaired) electrons. The van der Waals surface area contributed by atoms with E-state index in [0.717, 1.165) is 60.2 Å². The number of H-pyrrole nitrogens is 1. The topological polar surface area (TPSA) is 146 Å². The second-order valence-electron chi connectivity index (χ2n) is 14.2. The van der Waals surface area contributed by atoms with Crippen LogP contribution in [0.1, 0.15) is 83.3 Å². The molecule has 4 heterocycles. The van der Waals surface area contributed by atoms with Gasteiger partial charge in [-0.3, -0.25) is 14.4 Å². The van der Waals surface area contributed by atoms with Crippen LogP contribution in [0.15, 0.2) is 48.5 Å². The number of hydrogen-bond donors (Lipinski definition) is 3. The Bertz CT molecular complexity index is 1720. The first-order chi connectivity index (χ1) is 24.6. The fraction of sp³-hybridized carbons (Fsp3) is 0.513. The van der Waals surface area contributed by atoms with Crippen LogP contribution in [0.4, 0.5) is 10.5 Å². The number of carbonyl (C=O) groups excluding carboxylic acids is 4. The molecule has 16 heteroatoms. The number of ether oxygens (including phenoxy) is 2. The molecule has 0 saturated carbocycles. The highest BCUT2D eigenvalue weighted by atomic mass is 32.1. The van der Waals surface area contributed by atoms with Crippen molar-refractivity contribution in [1.82, 2.24) is 25.1 Å². The van der Waals surface area contributed by atoms with Crippen molar-refractivity contribution in [2.45, 2.75) is 90.4 Å². The SMILES string of the molecule is COC(=O)N[C@H]1CCCCOCc2[nH]c(nc2-c2ccc(-c3ccc(NC(=O)[C@@H]4CCCN4C(=O)[C@@H](C)C(C)C)cc3)cc2)[C@@H]2CCCN2C1=O.S.S.S.S. The fourth-order valence-electron chi connectivity index (χ4n) is 7.27. The minimum absolute atomic E-state index is 0. The highest BCUT2D eigenvalue weighted by Gasteiger charge is 2.38. The molecule has 0 unspecified atom stereocenters. The highest BCUT2D eigenvalue weighted by Crippen LogP contribution is 2.35. The van der Waals surface area contributed by atoms with Crippen molar-refractivity contribution in [3.63, 3.8) is 0 Å². The molecule has 55 heavy (non-hydrogen) atoms. The van der Waals surface area contributed by atoms with Crippen LogP contribution in [0.2, 0.25) is 0 Å². The standard InChI is InChI=1S/C39H50N6O6.4H2S/c1-24(2)25(3)37(47)45-21-8-11-33(45)36(46)40-29-18-16-27(17-19-29)26-12-14-28(15-13-26)34-31-23-51-22-6-5-9-30(42-39(49)50-4)38(48)44-20-7-10-32(44)35(41-31)43-34;;;;/h12-19,24-25,30,32-33H,5-11,20-23H2,1-4H3,(H,40,46)(H,41,43)(H,42,49);4*1H2/t25-,30-,32-,33-;;;;/m0..../s1. The van der Waals surface area contributed by atoms with Gasteiger partial charge >= 0.3 is 6.09 Å². The number of amides is 4. The molecule has 0 spiro atoms. The Morgan fingerprint density at radius 3 is 2.15 bits per heavy atom. The fourth-order valence-corrected chi connectivity index (χ4v) is 7.27. The third-order valence-electron chi connectivity index (χ3n) is 10.6. The van der Waals surface area contributed by atoms with Crippen LogP contribution in [-0.2, 0) is 30.5 Å². The maximum absolute atomic E-state index is 13.7. The lowest BCUT2D eigenvalue weighted by Gasteiger charge is -2.28. The Balaban J connectivity index is 0.00000261. The Labute approximate surface area is 352 Å². The molecule has 2 saturated heterocycles. The molecule has 12 nitrogen and oxygen atoms in total. The van der Waals surface area contributed by atoms with Crippen molar-refractivity contribution < 1.29 is 28.7 Å². The van der Waals surface area contributed by atoms with E-state index in [1.54, 1.807) is 4.90 Å². The Morgan fingerprint density at radius 1 is 0.855 bits per heavy atom. The number of fused-ring (bicyclic) bond motifs is 4. The summed E-state index contributed by atoms with van der Waals surface area (Å²) in [6, 6.07) is 14.6. The second kappa shape index (κ2) is 21.8. The summed E-state index contributed by atoms with van der Waals surface area (Å²) in [5, 5.41) is 5.76. The van der Waals surface area contributed by atoms with Crippen molar-refractivity contribution >= 4 is 83.5 Å². The quantitative estimate of drug-likeness (QED) is 0.246. The summed E-state index contributed by atoms with van der Waals surface area (Å²) in [5.41, 5.74) is 5.29. The van der Waals surface area contributed by atoms with Gasteiger partial charge in [-0.1, -0.05) is 57.2 Å². The lowest BCUT2D eigenvalue weighted by molar-refractivity contribution is -0.140. The Kier molecular flexibility index (Phi) is 19.0. The number of methoxy groups -OCH3 is 1. The molecule has 2 aromatic carbocycles. The van der Waals surface area contributed by atoms with E-state index in [0.29, 0.717) is 50.7 Å². The molecule has 4 amide bonds. The lowest BCUT2D eigenvalue weighted by atomic mass is 9.96. The molecule has 1 aromatic heterocycles. The zero-order valence-corrected chi connectivity index (χ0v) is 36.1. The van der Waals surface area contributed by atoms with E-state index >= 15 is 0 Å². The van der Waals surface area contributed by atoms with E-state index in [4.69, 9.17) is 14.5 Å². The van der Waals surface area contributed by atoms with Gasteiger partial charge in [-0.2, -0.15) is 54.0 Å². The number of hydrogen-bond acceptors (Lipinski definition) is 7. The van der Waals surface area contributed by atoms with Crippen LogP contribution in [-0.4, -0.2) is 82.5 Å². The summed E-state index contributed by atoms with van der Waals surface area (Å²) in [5.74, 6) is 0.592. The van der Waals surface area contributed by atoms with Crippen molar-refractivity contribution in [1.29, 1.82) is 0 Å². The van der Waals surface area contributed by atoms with Gasteiger partial charge in [0.15, 0.2) is 0 Å². The van der Waals surface area contributed by atoms with E-state index in [1.165, 1.54) is 7.11 Å². The molecule has 4 atom stereocenters. The number of aromatic nitrogens is 2. The molecule has 3 N–H and O–H groups in total. The summed E-state index contributed by atoms with van der Waals surface area (Å²) >= 11 is 0. The average molecular weight is 835 g/mol. The third-order valence-corrected chi connectivity index (χ3v) is 10.6. The van der Waals surface area contributed by atoms with Crippen LogP contribution >= 0.6 is 54.0 Å². The number of nitrogens with one attached hydrogen (secondary N) is 3. The first-order valence-electron chi connectivity index (χ1n) is 18.3. The summed E-state index contributed by atoms with van der Waals surface area (Å²) < 4.78 is 10.8. The maximum Gasteiger partial charge on any atom is 0.407 e. The van der Waals surface area contributed by atoms with Gasteiger partial charge in [0.2, 0.25) is 17.7 Å². The van der Waals surface area contributed by atoms with E-state index in [1.807, 2.05) is 74.2 Å². The number of rotatable bonds is 7. The summed E-state index contributed by atoms with van der Waals surface area (Å²) in [7, 11) is 1.30. The van der Waals surface area contributed by atoms with Gasteiger partial charge in [0.1, 0.15) is 17.9 Å². The van der Waals surface area contributed by atoms with Crippen molar-refractivity contribution in [3.8, 4) is 22.4 Å². The van der Waals surface area contributed by atoms with Crippen molar-refractivity contribution in [2.24, 2.45) is 11.8 Å². The Hall–Kier alpha value is -3.31. The van der Waals surface area contributed by atoms with E-state index in [-0.39, 0.29) is 89.6 Å². The molecular weight excluding hydrogens is 777 g/mol. The monoisotopic (exact) mass is 834 g/mol. The van der Waals surface area contributed by atoms with E-state index in [2.05, 4.69) is 15.6 Å². The van der Waals surface area contributed by atoms with Gasteiger partial charge in [-0.15, -0.1) is 0 Å². The molecule has 304 valence electrons. The first-order valence-corrected chi connectivity index (χ1v) is 18.3. The van der Waals surface area contributed by atoms with Crippen molar-refractivity contribution in [3.05, 3.63) is 60.0 Å². The summed E-state index contributed by atoms with van der Waals surface area (Å²) in [6.07, 6.45) is 4.49. The third kappa shape index (κ3) is 11.2. The van der Waals surface area contributed by atoms with E-state index in [9.17, 15) is 19.2 Å². The van der Waals surface area contributed by atoms with Crippen LogP contribution in [0.3, 0.4) is 0 Å². The van der Waals surface area contributed by atoms with Crippen LogP contribution in [0, 0.1) is 11.8 Å². The van der Waals surface area contributed by atoms with Gasteiger partial charge in [0, 0.05) is 36.9 Å². The summed E-state index contributed by atoms with van der Waals surface area (Å²) in [4.78, 5) is 64.1. The maximum atomic E-state index is 13.7. The van der Waals surface area contributed by atoms with Gasteiger partial charge < -0.3 is 34.9 Å². The smallest absolute Gasteiger partial charge is 0.407 e. The van der Waals surface area contributed by atoms with Gasteiger partial charge in [0.25, 0.3) is 0 Å². The largest absolute Gasteiger partial charge is 0.453 e. The minimum atomic E-state index is -0.669. The van der Waals surface area contributed by atoms with Gasteiger partial charge in [-0.25, -0.2) is 9.78 Å². The molecule has 3 aliphatic rings. The van der Waals surface area contributed by atoms with Crippen LogP contribution in [0.25, 0.3) is 22.4 Å². The molecule has 3 aliphatic heterocycles. The van der Waals surface area contributed by atoms with E-state index < -0.39 is 18.2 Å². The number of aromatic amines is 1. The first kappa shape index (κ1) is 47.8. The molecule has 2 fully saturated rings.